The van der Waals surface area contributed by atoms with E-state index in [-0.39, 0.29) is 29.8 Å². The van der Waals surface area contributed by atoms with Crippen molar-refractivity contribution >= 4 is 22.6 Å². The van der Waals surface area contributed by atoms with Crippen LogP contribution in [0.4, 0.5) is 0 Å². The second kappa shape index (κ2) is 8.49. The lowest BCUT2D eigenvalue weighted by atomic mass is 10.0. The summed E-state index contributed by atoms with van der Waals surface area (Å²) in [7, 11) is 0. The summed E-state index contributed by atoms with van der Waals surface area (Å²) >= 11 is 6.50. The molecule has 1 saturated carbocycles. The highest BCUT2D eigenvalue weighted by atomic mass is 35.5. The number of allylic oxidation sites excluding steroid dienone is 1. The molecule has 0 radical (unpaired) electrons. The van der Waals surface area contributed by atoms with Gasteiger partial charge in [0.15, 0.2) is 0 Å². The van der Waals surface area contributed by atoms with Gasteiger partial charge in [-0.25, -0.2) is 0 Å². The number of carbonyl (C=O) groups is 1. The van der Waals surface area contributed by atoms with Gasteiger partial charge in [-0.15, -0.1) is 0 Å². The number of hydrogen-bond acceptors (Lipinski definition) is 2. The van der Waals surface area contributed by atoms with E-state index in [9.17, 15) is 4.79 Å². The van der Waals surface area contributed by atoms with Crippen molar-refractivity contribution in [2.24, 2.45) is 17.3 Å². The Morgan fingerprint density at radius 2 is 1.57 bits per heavy atom. The van der Waals surface area contributed by atoms with Gasteiger partial charge in [0.05, 0.1) is 5.92 Å². The van der Waals surface area contributed by atoms with E-state index in [0.29, 0.717) is 5.03 Å². The van der Waals surface area contributed by atoms with Gasteiger partial charge in [-0.05, 0) is 39.7 Å². The zero-order valence-electron chi connectivity index (χ0n) is 17.2. The zero-order chi connectivity index (χ0) is 21.1. The fourth-order valence-corrected chi connectivity index (χ4v) is 4.27. The van der Waals surface area contributed by atoms with Crippen molar-refractivity contribution in [3.05, 3.63) is 102 Å². The van der Waals surface area contributed by atoms with E-state index in [4.69, 9.17) is 16.3 Å². The first kappa shape index (κ1) is 20.4. The number of ether oxygens (including phenoxy) is 1. The third-order valence-electron chi connectivity index (χ3n) is 5.96. The molecule has 152 valence electrons. The minimum absolute atomic E-state index is 0.0772. The largest absolute Gasteiger partial charge is 0.461 e. The Morgan fingerprint density at radius 3 is 2.27 bits per heavy atom. The van der Waals surface area contributed by atoms with E-state index in [1.165, 1.54) is 0 Å². The molecule has 0 N–H and O–H groups in total. The maximum Gasteiger partial charge on any atom is 0.310 e. The molecule has 0 aliphatic heterocycles. The lowest BCUT2D eigenvalue weighted by molar-refractivity contribution is -0.147. The van der Waals surface area contributed by atoms with Crippen LogP contribution in [0.15, 0.2) is 91.0 Å². The summed E-state index contributed by atoms with van der Waals surface area (Å²) in [4.78, 5) is 12.8. The number of carbonyl (C=O) groups excluding carboxylic acids is 1. The van der Waals surface area contributed by atoms with Crippen LogP contribution in [-0.2, 0) is 16.1 Å². The Balaban J connectivity index is 1.41. The monoisotopic (exact) mass is 416 g/mol. The third-order valence-corrected chi connectivity index (χ3v) is 6.30. The summed E-state index contributed by atoms with van der Waals surface area (Å²) in [5.74, 6) is -0.260. The van der Waals surface area contributed by atoms with Crippen molar-refractivity contribution in [1.82, 2.24) is 0 Å². The summed E-state index contributed by atoms with van der Waals surface area (Å²) in [6, 6.07) is 28.1. The van der Waals surface area contributed by atoms with Crippen LogP contribution < -0.4 is 0 Å². The Kier molecular flexibility index (Phi) is 5.78. The first-order valence-corrected chi connectivity index (χ1v) is 10.6. The van der Waals surface area contributed by atoms with Crippen LogP contribution in [0.25, 0.3) is 16.2 Å². The predicted molar refractivity (Wildman–Crippen MR) is 123 cm³/mol. The minimum atomic E-state index is -0.174. The topological polar surface area (TPSA) is 26.3 Å². The summed E-state index contributed by atoms with van der Waals surface area (Å²) < 4.78 is 5.68. The van der Waals surface area contributed by atoms with Gasteiger partial charge in [0.1, 0.15) is 6.61 Å². The molecule has 1 fully saturated rings. The van der Waals surface area contributed by atoms with Crippen molar-refractivity contribution in [3.8, 4) is 11.1 Å². The number of rotatable bonds is 6. The first-order chi connectivity index (χ1) is 14.5. The van der Waals surface area contributed by atoms with Crippen molar-refractivity contribution in [2.45, 2.75) is 20.5 Å². The lowest BCUT2D eigenvalue weighted by Crippen LogP contribution is -2.10. The molecule has 3 heteroatoms. The number of benzene rings is 3. The molecule has 0 aromatic heterocycles. The molecule has 2 nitrogen and oxygen atoms in total. The van der Waals surface area contributed by atoms with Gasteiger partial charge >= 0.3 is 5.97 Å². The molecule has 3 aromatic carbocycles. The average molecular weight is 417 g/mol. The van der Waals surface area contributed by atoms with E-state index in [1.54, 1.807) is 0 Å². The Labute approximate surface area is 183 Å². The fraction of sp³-hybridized carbons (Fsp3) is 0.222. The number of hydrogen-bond donors (Lipinski definition) is 0. The minimum Gasteiger partial charge on any atom is -0.461 e. The molecule has 2 atom stereocenters. The molecule has 30 heavy (non-hydrogen) atoms. The smallest absolute Gasteiger partial charge is 0.310 e. The Bertz CT molecular complexity index is 1050. The van der Waals surface area contributed by atoms with Crippen LogP contribution in [0.3, 0.4) is 0 Å². The van der Waals surface area contributed by atoms with Gasteiger partial charge < -0.3 is 4.74 Å². The zero-order valence-corrected chi connectivity index (χ0v) is 18.0. The van der Waals surface area contributed by atoms with Gasteiger partial charge in [-0.3, -0.25) is 4.79 Å². The Morgan fingerprint density at radius 1 is 0.933 bits per heavy atom. The van der Waals surface area contributed by atoms with Crippen LogP contribution >= 0.6 is 11.6 Å². The molecule has 4 rings (SSSR count). The summed E-state index contributed by atoms with van der Waals surface area (Å²) in [6.45, 7) is 4.45. The van der Waals surface area contributed by atoms with Crippen molar-refractivity contribution in [1.29, 1.82) is 0 Å². The molecule has 0 heterocycles. The van der Waals surface area contributed by atoms with Gasteiger partial charge in [0.2, 0.25) is 0 Å². The average Bonchev–Trinajstić information content (AvgIpc) is 3.33. The molecule has 2 unspecified atom stereocenters. The number of esters is 1. The summed E-state index contributed by atoms with van der Waals surface area (Å²) in [6.07, 6.45) is 2.00. The van der Waals surface area contributed by atoms with Crippen LogP contribution in [0.1, 0.15) is 25.0 Å². The lowest BCUT2D eigenvalue weighted by Gasteiger charge is -2.08. The van der Waals surface area contributed by atoms with E-state index >= 15 is 0 Å². The fourth-order valence-electron chi connectivity index (χ4n) is 4.01. The van der Waals surface area contributed by atoms with Crippen LogP contribution in [0.2, 0.25) is 0 Å². The quantitative estimate of drug-likeness (QED) is 0.406. The highest BCUT2D eigenvalue weighted by molar-refractivity contribution is 6.48. The maximum atomic E-state index is 12.8. The van der Waals surface area contributed by atoms with Gasteiger partial charge in [0.25, 0.3) is 0 Å². The van der Waals surface area contributed by atoms with E-state index in [1.807, 2.05) is 66.7 Å². The van der Waals surface area contributed by atoms with Crippen molar-refractivity contribution < 1.29 is 9.53 Å². The molecule has 0 spiro atoms. The standard InChI is InChI=1S/C27H25ClO2/c1-27(2)23(17-24(28)21-13-7-4-8-14-21)25(27)26(29)30-18-19-10-9-15-22(16-19)20-11-5-3-6-12-20/h3-17,23,25H,18H2,1-2H3/b24-17-. The van der Waals surface area contributed by atoms with Gasteiger partial charge in [-0.2, -0.15) is 0 Å². The highest BCUT2D eigenvalue weighted by Gasteiger charge is 2.61. The molecule has 0 bridgehead atoms. The summed E-state index contributed by atoms with van der Waals surface area (Å²) in [5.41, 5.74) is 4.06. The number of halogens is 1. The van der Waals surface area contributed by atoms with Crippen molar-refractivity contribution in [3.63, 3.8) is 0 Å². The molecular formula is C27H25ClO2. The van der Waals surface area contributed by atoms with Gasteiger partial charge in [-0.1, -0.05) is 110 Å². The predicted octanol–water partition coefficient (Wildman–Crippen LogP) is 6.95. The molecule has 1 aliphatic rings. The SMILES string of the molecule is CC1(C)C(/C=C(\Cl)c2ccccc2)C1C(=O)OCc1cccc(-c2ccccc2)c1. The Hall–Kier alpha value is -2.84. The molecule has 1 aliphatic carbocycles. The molecule has 0 saturated heterocycles. The second-order valence-corrected chi connectivity index (χ2v) is 8.79. The van der Waals surface area contributed by atoms with Gasteiger partial charge in [0, 0.05) is 5.03 Å². The normalized spacial score (nSPS) is 19.9. The van der Waals surface area contributed by atoms with E-state index in [0.717, 1.165) is 22.3 Å². The van der Waals surface area contributed by atoms with Crippen molar-refractivity contribution in [2.75, 3.05) is 0 Å². The maximum absolute atomic E-state index is 12.8. The van der Waals surface area contributed by atoms with E-state index < -0.39 is 0 Å². The van der Waals surface area contributed by atoms with E-state index in [2.05, 4.69) is 38.1 Å². The van der Waals surface area contributed by atoms with Crippen LogP contribution in [0.5, 0.6) is 0 Å². The molecule has 3 aromatic rings. The molecular weight excluding hydrogens is 392 g/mol. The second-order valence-electron chi connectivity index (χ2n) is 8.38. The highest BCUT2D eigenvalue weighted by Crippen LogP contribution is 2.60. The van der Waals surface area contributed by atoms with Crippen LogP contribution in [-0.4, -0.2) is 5.97 Å². The summed E-state index contributed by atoms with van der Waals surface area (Å²) in [5, 5.41) is 0.680. The first-order valence-electron chi connectivity index (χ1n) is 10.2. The van der Waals surface area contributed by atoms with Crippen LogP contribution in [0, 0.1) is 17.3 Å². The molecule has 0 amide bonds. The third kappa shape index (κ3) is 4.34.